The number of carbonyl (C=O) groups is 1. The molecule has 72 valence electrons. The van der Waals surface area contributed by atoms with E-state index in [2.05, 4.69) is 29.4 Å². The fraction of sp³-hybridized carbons (Fsp3) is 0.875. The molecule has 0 aliphatic carbocycles. The highest BCUT2D eigenvalue weighted by molar-refractivity contribution is 5.75. The maximum Gasteiger partial charge on any atom is 0.324 e. The Balaban J connectivity index is 3.94. The smallest absolute Gasteiger partial charge is 0.324 e. The fourth-order valence-corrected chi connectivity index (χ4v) is 1.00. The monoisotopic (exact) mass is 174 g/mol. The average molecular weight is 174 g/mol. The van der Waals surface area contributed by atoms with Crippen LogP contribution in [0, 0.1) is 5.92 Å². The minimum atomic E-state index is -0.250. The maximum atomic E-state index is 11.1. The first-order valence-corrected chi connectivity index (χ1v) is 4.12. The predicted molar refractivity (Wildman–Crippen MR) is 47.5 cm³/mol. The van der Waals surface area contributed by atoms with E-state index in [1.165, 1.54) is 7.11 Å². The van der Waals surface area contributed by atoms with Gasteiger partial charge in [0.25, 0.3) is 0 Å². The van der Waals surface area contributed by atoms with Crippen molar-refractivity contribution in [3.8, 4) is 0 Å². The summed E-state index contributed by atoms with van der Waals surface area (Å²) >= 11 is 0. The summed E-state index contributed by atoms with van der Waals surface area (Å²) in [7, 11) is 3.13. The van der Waals surface area contributed by atoms with E-state index in [1.54, 1.807) is 7.05 Å². The standard InChI is InChI=1S/C8H18N2O2/c1-6(2)5-7(10-9-3)8(11)12-4/h6-7,9-10H,5H2,1-4H3/t7-/m1/s1. The summed E-state index contributed by atoms with van der Waals surface area (Å²) in [6.45, 7) is 4.13. The Labute approximate surface area is 73.6 Å². The summed E-state index contributed by atoms with van der Waals surface area (Å²) in [5.41, 5.74) is 5.58. The zero-order chi connectivity index (χ0) is 9.56. The molecule has 0 saturated carbocycles. The number of hydrazine groups is 1. The van der Waals surface area contributed by atoms with Gasteiger partial charge in [0.15, 0.2) is 0 Å². The molecule has 0 aliphatic heterocycles. The SMILES string of the molecule is CNN[C@H](CC(C)C)C(=O)OC. The van der Waals surface area contributed by atoms with E-state index in [1.807, 2.05) is 0 Å². The highest BCUT2D eigenvalue weighted by atomic mass is 16.5. The van der Waals surface area contributed by atoms with Gasteiger partial charge >= 0.3 is 5.97 Å². The predicted octanol–water partition coefficient (Wildman–Crippen LogP) is 0.298. The van der Waals surface area contributed by atoms with Gasteiger partial charge in [-0.05, 0) is 19.4 Å². The third-order valence-electron chi connectivity index (χ3n) is 1.51. The van der Waals surface area contributed by atoms with Gasteiger partial charge in [0, 0.05) is 0 Å². The number of hydrogen-bond donors (Lipinski definition) is 2. The summed E-state index contributed by atoms with van der Waals surface area (Å²) in [6.07, 6.45) is 0.771. The van der Waals surface area contributed by atoms with Crippen molar-refractivity contribution in [2.45, 2.75) is 26.3 Å². The summed E-state index contributed by atoms with van der Waals surface area (Å²) < 4.78 is 4.62. The highest BCUT2D eigenvalue weighted by Gasteiger charge is 2.18. The molecule has 0 unspecified atom stereocenters. The van der Waals surface area contributed by atoms with Gasteiger partial charge in [-0.3, -0.25) is 10.2 Å². The molecule has 0 fully saturated rings. The number of carbonyl (C=O) groups excluding carboxylic acids is 1. The first kappa shape index (κ1) is 11.4. The molecule has 0 spiro atoms. The summed E-state index contributed by atoms with van der Waals surface area (Å²) in [5, 5.41) is 0. The van der Waals surface area contributed by atoms with Crippen LogP contribution in [0.3, 0.4) is 0 Å². The van der Waals surface area contributed by atoms with E-state index in [0.717, 1.165) is 6.42 Å². The maximum absolute atomic E-state index is 11.1. The molecule has 4 heteroatoms. The molecule has 0 bridgehead atoms. The molecule has 0 saturated heterocycles. The molecule has 4 nitrogen and oxygen atoms in total. The van der Waals surface area contributed by atoms with Crippen molar-refractivity contribution in [1.29, 1.82) is 0 Å². The average Bonchev–Trinajstić information content (AvgIpc) is 2.01. The van der Waals surface area contributed by atoms with Gasteiger partial charge in [-0.2, -0.15) is 0 Å². The third-order valence-corrected chi connectivity index (χ3v) is 1.51. The number of ether oxygens (including phenoxy) is 1. The lowest BCUT2D eigenvalue weighted by atomic mass is 10.0. The van der Waals surface area contributed by atoms with Crippen LogP contribution in [0.2, 0.25) is 0 Å². The molecule has 2 N–H and O–H groups in total. The molecule has 0 aromatic heterocycles. The van der Waals surface area contributed by atoms with Crippen LogP contribution in [0.4, 0.5) is 0 Å². The number of hydrogen-bond acceptors (Lipinski definition) is 4. The van der Waals surface area contributed by atoms with Crippen LogP contribution in [0.15, 0.2) is 0 Å². The van der Waals surface area contributed by atoms with E-state index in [0.29, 0.717) is 5.92 Å². The van der Waals surface area contributed by atoms with Crippen LogP contribution in [-0.2, 0) is 9.53 Å². The Morgan fingerprint density at radius 1 is 1.50 bits per heavy atom. The second-order valence-electron chi connectivity index (χ2n) is 3.10. The molecule has 0 rings (SSSR count). The van der Waals surface area contributed by atoms with Crippen LogP contribution in [0.5, 0.6) is 0 Å². The number of esters is 1. The first-order chi connectivity index (χ1) is 5.61. The van der Waals surface area contributed by atoms with Crippen molar-refractivity contribution >= 4 is 5.97 Å². The van der Waals surface area contributed by atoms with Crippen LogP contribution in [0.25, 0.3) is 0 Å². The molecular formula is C8H18N2O2. The Kier molecular flexibility index (Phi) is 5.66. The molecular weight excluding hydrogens is 156 g/mol. The van der Waals surface area contributed by atoms with E-state index in [-0.39, 0.29) is 12.0 Å². The van der Waals surface area contributed by atoms with Gasteiger partial charge in [-0.25, -0.2) is 5.43 Å². The van der Waals surface area contributed by atoms with Crippen LogP contribution >= 0.6 is 0 Å². The molecule has 0 aromatic carbocycles. The van der Waals surface area contributed by atoms with E-state index >= 15 is 0 Å². The van der Waals surface area contributed by atoms with Crippen molar-refractivity contribution < 1.29 is 9.53 Å². The largest absolute Gasteiger partial charge is 0.468 e. The normalized spacial score (nSPS) is 13.1. The summed E-state index contributed by atoms with van der Waals surface area (Å²) in [6, 6.07) is -0.250. The van der Waals surface area contributed by atoms with Crippen molar-refractivity contribution in [2.75, 3.05) is 14.2 Å². The Morgan fingerprint density at radius 3 is 2.42 bits per heavy atom. The van der Waals surface area contributed by atoms with Gasteiger partial charge < -0.3 is 4.74 Å². The van der Waals surface area contributed by atoms with Gasteiger partial charge in [-0.15, -0.1) is 0 Å². The van der Waals surface area contributed by atoms with Crippen molar-refractivity contribution in [3.63, 3.8) is 0 Å². The summed E-state index contributed by atoms with van der Waals surface area (Å²) in [5.74, 6) is 0.244. The minimum absolute atomic E-state index is 0.224. The molecule has 0 amide bonds. The Bertz CT molecular complexity index is 137. The van der Waals surface area contributed by atoms with E-state index in [4.69, 9.17) is 0 Å². The lowest BCUT2D eigenvalue weighted by Crippen LogP contribution is -2.44. The summed E-state index contributed by atoms with van der Waals surface area (Å²) in [4.78, 5) is 11.1. The second kappa shape index (κ2) is 5.97. The van der Waals surface area contributed by atoms with Crippen LogP contribution < -0.4 is 10.9 Å². The second-order valence-corrected chi connectivity index (χ2v) is 3.10. The topological polar surface area (TPSA) is 50.4 Å². The van der Waals surface area contributed by atoms with Crippen LogP contribution in [-0.4, -0.2) is 26.2 Å². The molecule has 0 aliphatic rings. The number of rotatable bonds is 5. The Hall–Kier alpha value is -0.610. The Morgan fingerprint density at radius 2 is 2.08 bits per heavy atom. The zero-order valence-electron chi connectivity index (χ0n) is 8.18. The molecule has 1 atom stereocenters. The molecule has 12 heavy (non-hydrogen) atoms. The van der Waals surface area contributed by atoms with Gasteiger partial charge in [0.05, 0.1) is 7.11 Å². The van der Waals surface area contributed by atoms with Crippen LogP contribution in [0.1, 0.15) is 20.3 Å². The van der Waals surface area contributed by atoms with Crippen molar-refractivity contribution in [2.24, 2.45) is 5.92 Å². The lowest BCUT2D eigenvalue weighted by molar-refractivity contribution is -0.143. The molecule has 0 aromatic rings. The number of nitrogens with one attached hydrogen (secondary N) is 2. The van der Waals surface area contributed by atoms with Crippen molar-refractivity contribution in [1.82, 2.24) is 10.9 Å². The zero-order valence-corrected chi connectivity index (χ0v) is 8.18. The number of methoxy groups -OCH3 is 1. The fourth-order valence-electron chi connectivity index (χ4n) is 1.00. The lowest BCUT2D eigenvalue weighted by Gasteiger charge is -2.17. The van der Waals surface area contributed by atoms with Gasteiger partial charge in [0.1, 0.15) is 6.04 Å². The molecule has 0 radical (unpaired) electrons. The van der Waals surface area contributed by atoms with E-state index < -0.39 is 0 Å². The third kappa shape index (κ3) is 4.31. The molecule has 0 heterocycles. The quantitative estimate of drug-likeness (QED) is 0.465. The first-order valence-electron chi connectivity index (χ1n) is 4.12. The highest BCUT2D eigenvalue weighted by Crippen LogP contribution is 2.04. The van der Waals surface area contributed by atoms with Crippen molar-refractivity contribution in [3.05, 3.63) is 0 Å². The van der Waals surface area contributed by atoms with E-state index in [9.17, 15) is 4.79 Å². The van der Waals surface area contributed by atoms with Gasteiger partial charge in [0.2, 0.25) is 0 Å². The van der Waals surface area contributed by atoms with Gasteiger partial charge in [-0.1, -0.05) is 13.8 Å². The minimum Gasteiger partial charge on any atom is -0.468 e.